The lowest BCUT2D eigenvalue weighted by Crippen LogP contribution is -2.22. The molecular weight excluding hydrogens is 242 g/mol. The molecule has 1 fully saturated rings. The zero-order valence-corrected chi connectivity index (χ0v) is 10.7. The molecule has 0 spiro atoms. The fourth-order valence-electron chi connectivity index (χ4n) is 2.44. The lowest BCUT2D eigenvalue weighted by atomic mass is 9.96. The molecule has 1 aliphatic heterocycles. The van der Waals surface area contributed by atoms with Crippen LogP contribution in [0.4, 0.5) is 5.69 Å². The maximum Gasteiger partial charge on any atom is 0.224 e. The van der Waals surface area contributed by atoms with E-state index < -0.39 is 0 Å². The van der Waals surface area contributed by atoms with E-state index in [0.717, 1.165) is 42.8 Å². The van der Waals surface area contributed by atoms with Gasteiger partial charge in [0.2, 0.25) is 5.91 Å². The summed E-state index contributed by atoms with van der Waals surface area (Å²) in [7, 11) is 0. The minimum absolute atomic E-state index is 0.0748. The Balaban J connectivity index is 1.61. The molecule has 19 heavy (non-hydrogen) atoms. The van der Waals surface area contributed by atoms with Crippen LogP contribution in [-0.4, -0.2) is 29.1 Å². The topological polar surface area (TPSA) is 67.0 Å². The molecule has 0 bridgehead atoms. The van der Waals surface area contributed by atoms with Crippen molar-refractivity contribution < 1.29 is 9.53 Å². The average Bonchev–Trinajstić information content (AvgIpc) is 2.87. The van der Waals surface area contributed by atoms with Crippen molar-refractivity contribution in [2.45, 2.75) is 19.3 Å². The first-order valence-corrected chi connectivity index (χ1v) is 6.62. The highest BCUT2D eigenvalue weighted by atomic mass is 16.5. The molecular formula is C14H17N3O2. The highest BCUT2D eigenvalue weighted by Gasteiger charge is 2.17. The summed E-state index contributed by atoms with van der Waals surface area (Å²) in [4.78, 5) is 19.2. The lowest BCUT2D eigenvalue weighted by molar-refractivity contribution is -0.117. The molecule has 1 amide bonds. The number of anilines is 1. The Kier molecular flexibility index (Phi) is 3.46. The molecule has 0 aliphatic carbocycles. The molecule has 2 heterocycles. The van der Waals surface area contributed by atoms with Crippen molar-refractivity contribution >= 4 is 22.6 Å². The molecule has 5 heteroatoms. The maximum atomic E-state index is 12.0. The molecule has 1 aromatic heterocycles. The van der Waals surface area contributed by atoms with Gasteiger partial charge in [0.1, 0.15) is 0 Å². The van der Waals surface area contributed by atoms with Crippen LogP contribution in [-0.2, 0) is 9.53 Å². The number of ether oxygens (including phenoxy) is 1. The van der Waals surface area contributed by atoms with E-state index >= 15 is 0 Å². The highest BCUT2D eigenvalue weighted by molar-refractivity contribution is 5.93. The molecule has 1 aromatic carbocycles. The summed E-state index contributed by atoms with van der Waals surface area (Å²) in [5.74, 6) is 0.524. The first kappa shape index (κ1) is 12.2. The Morgan fingerprint density at radius 1 is 1.42 bits per heavy atom. The predicted octanol–water partition coefficient (Wildman–Crippen LogP) is 2.32. The standard InChI is InChI=1S/C14H17N3O2/c18-14(7-10-3-5-19-6-4-10)17-11-1-2-12-13(8-11)16-9-15-12/h1-2,8-10H,3-7H2,(H,15,16)(H,17,18). The van der Waals surface area contributed by atoms with Gasteiger partial charge in [-0.25, -0.2) is 4.98 Å². The van der Waals surface area contributed by atoms with E-state index in [1.165, 1.54) is 0 Å². The quantitative estimate of drug-likeness (QED) is 0.889. The molecule has 0 saturated carbocycles. The molecule has 3 rings (SSSR count). The van der Waals surface area contributed by atoms with Gasteiger partial charge in [-0.1, -0.05) is 0 Å². The van der Waals surface area contributed by atoms with E-state index in [0.29, 0.717) is 12.3 Å². The zero-order chi connectivity index (χ0) is 13.1. The Morgan fingerprint density at radius 2 is 2.26 bits per heavy atom. The fraction of sp³-hybridized carbons (Fsp3) is 0.429. The molecule has 2 N–H and O–H groups in total. The Labute approximate surface area is 111 Å². The number of nitrogens with one attached hydrogen (secondary N) is 2. The Hall–Kier alpha value is -1.88. The SMILES string of the molecule is O=C(CC1CCOCC1)Nc1ccc2nc[nH]c2c1. The summed E-state index contributed by atoms with van der Waals surface area (Å²) in [6.07, 6.45) is 4.18. The number of hydrogen-bond acceptors (Lipinski definition) is 3. The highest BCUT2D eigenvalue weighted by Crippen LogP contribution is 2.20. The monoisotopic (exact) mass is 259 g/mol. The van der Waals surface area contributed by atoms with Gasteiger partial charge in [-0.2, -0.15) is 0 Å². The summed E-state index contributed by atoms with van der Waals surface area (Å²) < 4.78 is 5.30. The number of carbonyl (C=O) groups is 1. The number of carbonyl (C=O) groups excluding carboxylic acids is 1. The first-order valence-electron chi connectivity index (χ1n) is 6.62. The smallest absolute Gasteiger partial charge is 0.224 e. The van der Waals surface area contributed by atoms with Crippen LogP contribution in [0.15, 0.2) is 24.5 Å². The van der Waals surface area contributed by atoms with Gasteiger partial charge < -0.3 is 15.0 Å². The van der Waals surface area contributed by atoms with Gasteiger partial charge >= 0.3 is 0 Å². The van der Waals surface area contributed by atoms with Crippen molar-refractivity contribution in [1.82, 2.24) is 9.97 Å². The first-order chi connectivity index (χ1) is 9.31. The molecule has 0 atom stereocenters. The molecule has 1 saturated heterocycles. The van der Waals surface area contributed by atoms with Crippen LogP contribution in [0.25, 0.3) is 11.0 Å². The molecule has 2 aromatic rings. The van der Waals surface area contributed by atoms with E-state index in [9.17, 15) is 4.79 Å². The summed E-state index contributed by atoms with van der Waals surface area (Å²) >= 11 is 0. The molecule has 1 aliphatic rings. The van der Waals surface area contributed by atoms with E-state index in [1.807, 2.05) is 18.2 Å². The summed E-state index contributed by atoms with van der Waals surface area (Å²) in [6.45, 7) is 1.55. The van der Waals surface area contributed by atoms with Crippen molar-refractivity contribution in [3.05, 3.63) is 24.5 Å². The van der Waals surface area contributed by atoms with Crippen molar-refractivity contribution in [1.29, 1.82) is 0 Å². The second-order valence-electron chi connectivity index (χ2n) is 4.94. The van der Waals surface area contributed by atoms with Gasteiger partial charge in [0.25, 0.3) is 0 Å². The van der Waals surface area contributed by atoms with Crippen LogP contribution < -0.4 is 5.32 Å². The van der Waals surface area contributed by atoms with Crippen LogP contribution in [0.5, 0.6) is 0 Å². The van der Waals surface area contributed by atoms with E-state index in [4.69, 9.17) is 4.74 Å². The van der Waals surface area contributed by atoms with Crippen LogP contribution in [0.2, 0.25) is 0 Å². The minimum Gasteiger partial charge on any atom is -0.381 e. The third-order valence-electron chi connectivity index (χ3n) is 3.52. The van der Waals surface area contributed by atoms with Gasteiger partial charge in [-0.15, -0.1) is 0 Å². The number of nitrogens with zero attached hydrogens (tertiary/aromatic N) is 1. The number of fused-ring (bicyclic) bond motifs is 1. The number of imidazole rings is 1. The Morgan fingerprint density at radius 3 is 3.11 bits per heavy atom. The number of H-pyrrole nitrogens is 1. The van der Waals surface area contributed by atoms with Crippen LogP contribution >= 0.6 is 0 Å². The molecule has 0 unspecified atom stereocenters. The number of hydrogen-bond donors (Lipinski definition) is 2. The summed E-state index contributed by atoms with van der Waals surface area (Å²) in [5, 5.41) is 2.94. The third-order valence-corrected chi connectivity index (χ3v) is 3.52. The number of aromatic nitrogens is 2. The number of benzene rings is 1. The lowest BCUT2D eigenvalue weighted by Gasteiger charge is -2.21. The minimum atomic E-state index is 0.0748. The van der Waals surface area contributed by atoms with Crippen molar-refractivity contribution in [3.63, 3.8) is 0 Å². The van der Waals surface area contributed by atoms with Crippen LogP contribution in [0.1, 0.15) is 19.3 Å². The largest absolute Gasteiger partial charge is 0.381 e. The second kappa shape index (κ2) is 5.40. The van der Waals surface area contributed by atoms with E-state index in [1.54, 1.807) is 6.33 Å². The molecule has 5 nitrogen and oxygen atoms in total. The van der Waals surface area contributed by atoms with Crippen LogP contribution in [0, 0.1) is 5.92 Å². The fourth-order valence-corrected chi connectivity index (χ4v) is 2.44. The van der Waals surface area contributed by atoms with Gasteiger partial charge in [0.05, 0.1) is 17.4 Å². The van der Waals surface area contributed by atoms with Gasteiger partial charge in [0, 0.05) is 25.3 Å². The van der Waals surface area contributed by atoms with Gasteiger partial charge in [-0.3, -0.25) is 4.79 Å². The molecule has 100 valence electrons. The van der Waals surface area contributed by atoms with Crippen molar-refractivity contribution in [2.24, 2.45) is 5.92 Å². The third kappa shape index (κ3) is 2.93. The predicted molar refractivity (Wildman–Crippen MR) is 72.9 cm³/mol. The van der Waals surface area contributed by atoms with E-state index in [2.05, 4.69) is 15.3 Å². The summed E-state index contributed by atoms with van der Waals surface area (Å²) in [5.41, 5.74) is 2.65. The second-order valence-corrected chi connectivity index (χ2v) is 4.94. The van der Waals surface area contributed by atoms with Gasteiger partial charge in [0.15, 0.2) is 0 Å². The number of aromatic amines is 1. The van der Waals surface area contributed by atoms with E-state index in [-0.39, 0.29) is 5.91 Å². The van der Waals surface area contributed by atoms with Crippen molar-refractivity contribution in [3.8, 4) is 0 Å². The van der Waals surface area contributed by atoms with Gasteiger partial charge in [-0.05, 0) is 37.0 Å². The maximum absolute atomic E-state index is 12.0. The number of rotatable bonds is 3. The Bertz CT molecular complexity index is 573. The van der Waals surface area contributed by atoms with Crippen LogP contribution in [0.3, 0.4) is 0 Å². The number of amides is 1. The average molecular weight is 259 g/mol. The van der Waals surface area contributed by atoms with Crippen molar-refractivity contribution in [2.75, 3.05) is 18.5 Å². The molecule has 0 radical (unpaired) electrons. The summed E-state index contributed by atoms with van der Waals surface area (Å²) in [6, 6.07) is 5.69. The normalized spacial score (nSPS) is 16.6. The zero-order valence-electron chi connectivity index (χ0n) is 10.7.